The molecule has 0 aliphatic carbocycles. The van der Waals surface area contributed by atoms with E-state index in [1.807, 2.05) is 19.0 Å². The van der Waals surface area contributed by atoms with Gasteiger partial charge in [0.15, 0.2) is 0 Å². The second kappa shape index (κ2) is 14.9. The Hall–Kier alpha value is -4.74. The van der Waals surface area contributed by atoms with E-state index >= 15 is 0 Å². The van der Waals surface area contributed by atoms with Crippen LogP contribution in [0.15, 0.2) is 42.5 Å². The van der Waals surface area contributed by atoms with Crippen molar-refractivity contribution in [1.29, 1.82) is 0 Å². The summed E-state index contributed by atoms with van der Waals surface area (Å²) in [5, 5.41) is 2.37. The quantitative estimate of drug-likeness (QED) is 0.233. The van der Waals surface area contributed by atoms with Crippen molar-refractivity contribution >= 4 is 35.3 Å². The Morgan fingerprint density at radius 3 is 2.10 bits per heavy atom. The van der Waals surface area contributed by atoms with Gasteiger partial charge in [0.2, 0.25) is 11.8 Å². The van der Waals surface area contributed by atoms with E-state index in [9.17, 15) is 54.7 Å². The fourth-order valence-corrected chi connectivity index (χ4v) is 5.97. The molecular formula is C33H36F7N5O6. The van der Waals surface area contributed by atoms with Crippen LogP contribution in [0.3, 0.4) is 0 Å². The van der Waals surface area contributed by atoms with Gasteiger partial charge in [0, 0.05) is 31.9 Å². The van der Waals surface area contributed by atoms with E-state index in [1.165, 1.54) is 17.0 Å². The number of halogens is 7. The lowest BCUT2D eigenvalue weighted by molar-refractivity contribution is -0.193. The predicted octanol–water partition coefficient (Wildman–Crippen LogP) is 4.07. The number of nitrogens with zero attached hydrogens (tertiary/aromatic N) is 4. The summed E-state index contributed by atoms with van der Waals surface area (Å²) in [4.78, 5) is 70.6. The SMILES string of the molecule is CC(C)[C@@H](NC(=O)c1cc(C(F)(F)F)ccc1F)C(=O)N1CCC2(CC1)C(=O)N(CCN(C)C)CN2c1ccc(C(=O)OC(=O)C(F)(F)F)cc1. The zero-order valence-electron chi connectivity index (χ0n) is 28.0. The highest BCUT2D eigenvalue weighted by molar-refractivity contribution is 5.99. The van der Waals surface area contributed by atoms with Crippen molar-refractivity contribution in [2.24, 2.45) is 5.92 Å². The number of alkyl halides is 6. The molecule has 51 heavy (non-hydrogen) atoms. The van der Waals surface area contributed by atoms with Crippen molar-refractivity contribution in [1.82, 2.24) is 20.0 Å². The molecule has 3 amide bonds. The first kappa shape index (κ1) is 39.1. The van der Waals surface area contributed by atoms with Crippen LogP contribution in [-0.4, -0.2) is 109 Å². The number of esters is 2. The van der Waals surface area contributed by atoms with Gasteiger partial charge < -0.3 is 29.7 Å². The van der Waals surface area contributed by atoms with Crippen LogP contribution in [0.5, 0.6) is 0 Å². The van der Waals surface area contributed by atoms with Crippen LogP contribution in [0.1, 0.15) is 53.0 Å². The predicted molar refractivity (Wildman–Crippen MR) is 167 cm³/mol. The van der Waals surface area contributed by atoms with Gasteiger partial charge in [-0.25, -0.2) is 14.0 Å². The first-order chi connectivity index (χ1) is 23.7. The zero-order chi connectivity index (χ0) is 38.1. The summed E-state index contributed by atoms with van der Waals surface area (Å²) in [5.74, 6) is -7.98. The summed E-state index contributed by atoms with van der Waals surface area (Å²) < 4.78 is 95.7. The average molecular weight is 732 g/mol. The standard InChI is InChI=1S/C33H36F7N5O6/c1-19(2)25(41-26(46)23-17-21(32(35,36)37)7-10-24(23)34)27(47)43-13-11-31(12-14-43)29(49)44(16-15-42(3)4)18-45(31)22-8-5-20(6-9-22)28(48)51-30(50)33(38,39)40/h5-10,17,19,25H,11-16,18H2,1-4H3,(H,41,46)/t25-/m1/s1. The van der Waals surface area contributed by atoms with Crippen molar-refractivity contribution in [3.63, 3.8) is 0 Å². The van der Waals surface area contributed by atoms with Gasteiger partial charge in [0.05, 0.1) is 23.4 Å². The second-order valence-electron chi connectivity index (χ2n) is 12.9. The lowest BCUT2D eigenvalue weighted by Crippen LogP contribution is -2.60. The molecule has 2 aromatic rings. The number of piperidine rings is 1. The van der Waals surface area contributed by atoms with E-state index in [-0.39, 0.29) is 44.1 Å². The van der Waals surface area contributed by atoms with Crippen LogP contribution in [-0.2, 0) is 25.3 Å². The highest BCUT2D eigenvalue weighted by Gasteiger charge is 2.54. The minimum atomic E-state index is -5.37. The maximum absolute atomic E-state index is 14.4. The number of rotatable bonds is 9. The van der Waals surface area contributed by atoms with Crippen molar-refractivity contribution in [3.8, 4) is 0 Å². The van der Waals surface area contributed by atoms with Crippen molar-refractivity contribution in [2.45, 2.75) is 50.6 Å². The Morgan fingerprint density at radius 1 is 0.961 bits per heavy atom. The van der Waals surface area contributed by atoms with Crippen LogP contribution in [0.4, 0.5) is 36.4 Å². The Morgan fingerprint density at radius 2 is 1.57 bits per heavy atom. The fourth-order valence-electron chi connectivity index (χ4n) is 5.97. The summed E-state index contributed by atoms with van der Waals surface area (Å²) in [6.07, 6.45) is -10.0. The fraction of sp³-hybridized carbons (Fsp3) is 0.485. The van der Waals surface area contributed by atoms with Gasteiger partial charge >= 0.3 is 24.3 Å². The summed E-state index contributed by atoms with van der Waals surface area (Å²) >= 11 is 0. The van der Waals surface area contributed by atoms with Crippen molar-refractivity contribution in [2.75, 3.05) is 51.8 Å². The van der Waals surface area contributed by atoms with E-state index in [0.29, 0.717) is 37.0 Å². The van der Waals surface area contributed by atoms with Crippen LogP contribution in [0.25, 0.3) is 0 Å². The maximum Gasteiger partial charge on any atom is 0.491 e. The van der Waals surface area contributed by atoms with E-state index in [1.54, 1.807) is 23.6 Å². The molecule has 0 radical (unpaired) electrons. The number of hydrogen-bond acceptors (Lipinski definition) is 8. The van der Waals surface area contributed by atoms with E-state index in [2.05, 4.69) is 10.1 Å². The molecule has 1 N–H and O–H groups in total. The molecule has 278 valence electrons. The molecule has 1 spiro atoms. The number of carbonyl (C=O) groups is 5. The molecular weight excluding hydrogens is 695 g/mol. The van der Waals surface area contributed by atoms with Crippen molar-refractivity contribution in [3.05, 3.63) is 65.0 Å². The Kier molecular flexibility index (Phi) is 11.4. The number of likely N-dealkylation sites (N-methyl/N-ethyl adjacent to an activating group) is 1. The summed E-state index contributed by atoms with van der Waals surface area (Å²) in [5.41, 5.74) is -3.22. The summed E-state index contributed by atoms with van der Waals surface area (Å²) in [6.45, 7) is 4.18. The number of likely N-dealkylation sites (tertiary alicyclic amines) is 1. The highest BCUT2D eigenvalue weighted by Crippen LogP contribution is 2.40. The molecule has 0 aromatic heterocycles. The topological polar surface area (TPSA) is 120 Å². The summed E-state index contributed by atoms with van der Waals surface area (Å²) in [7, 11) is 3.65. The Balaban J connectivity index is 1.54. The number of anilines is 1. The Labute approximate surface area is 288 Å². The van der Waals surface area contributed by atoms with Crippen LogP contribution < -0.4 is 10.2 Å². The molecule has 1 atom stereocenters. The zero-order valence-corrected chi connectivity index (χ0v) is 28.0. The number of hydrogen-bond donors (Lipinski definition) is 1. The third-order valence-corrected chi connectivity index (χ3v) is 8.82. The molecule has 2 heterocycles. The minimum absolute atomic E-state index is 0.0174. The molecule has 2 aliphatic rings. The first-order valence-electron chi connectivity index (χ1n) is 15.8. The third-order valence-electron chi connectivity index (χ3n) is 8.82. The van der Waals surface area contributed by atoms with Crippen LogP contribution >= 0.6 is 0 Å². The van der Waals surface area contributed by atoms with Gasteiger partial charge in [-0.3, -0.25) is 14.4 Å². The van der Waals surface area contributed by atoms with Crippen LogP contribution in [0, 0.1) is 11.7 Å². The smallest absolute Gasteiger partial charge is 0.383 e. The molecule has 0 bridgehead atoms. The monoisotopic (exact) mass is 731 g/mol. The van der Waals surface area contributed by atoms with Gasteiger partial charge in [-0.1, -0.05) is 13.8 Å². The van der Waals surface area contributed by atoms with Crippen molar-refractivity contribution < 1.29 is 59.4 Å². The average Bonchev–Trinajstić information content (AvgIpc) is 3.31. The molecule has 2 fully saturated rings. The van der Waals surface area contributed by atoms with Gasteiger partial charge in [0.1, 0.15) is 17.4 Å². The number of ether oxygens (including phenoxy) is 1. The Bertz CT molecular complexity index is 1650. The molecule has 0 unspecified atom stereocenters. The number of amides is 3. The molecule has 18 heteroatoms. The van der Waals surface area contributed by atoms with Gasteiger partial charge in [-0.05, 0) is 75.3 Å². The number of nitrogens with one attached hydrogen (secondary N) is 1. The van der Waals surface area contributed by atoms with Gasteiger partial charge in [-0.15, -0.1) is 0 Å². The number of carbonyl (C=O) groups excluding carboxylic acids is 5. The van der Waals surface area contributed by atoms with Gasteiger partial charge in [-0.2, -0.15) is 26.3 Å². The lowest BCUT2D eigenvalue weighted by atomic mass is 9.84. The molecule has 11 nitrogen and oxygen atoms in total. The second-order valence-corrected chi connectivity index (χ2v) is 12.9. The lowest BCUT2D eigenvalue weighted by Gasteiger charge is -2.44. The third kappa shape index (κ3) is 8.60. The van der Waals surface area contributed by atoms with E-state index in [0.717, 1.165) is 12.1 Å². The first-order valence-corrected chi connectivity index (χ1v) is 15.8. The highest BCUT2D eigenvalue weighted by atomic mass is 19.4. The largest absolute Gasteiger partial charge is 0.491 e. The number of benzene rings is 2. The summed E-state index contributed by atoms with van der Waals surface area (Å²) in [6, 6.07) is 5.25. The molecule has 0 saturated carbocycles. The molecule has 2 aliphatic heterocycles. The maximum atomic E-state index is 14.4. The normalized spacial score (nSPS) is 17.0. The van der Waals surface area contributed by atoms with E-state index < -0.39 is 70.5 Å². The van der Waals surface area contributed by atoms with Crippen LogP contribution in [0.2, 0.25) is 0 Å². The van der Waals surface area contributed by atoms with Gasteiger partial charge in [0.25, 0.3) is 5.91 Å². The van der Waals surface area contributed by atoms with E-state index in [4.69, 9.17) is 0 Å². The minimum Gasteiger partial charge on any atom is -0.383 e. The molecule has 2 aromatic carbocycles. The molecule has 2 saturated heterocycles. The molecule has 4 rings (SSSR count).